The Balaban J connectivity index is 1.78. The van der Waals surface area contributed by atoms with Crippen LogP contribution < -0.4 is 11.5 Å². The molecule has 0 aliphatic heterocycles. The molecule has 0 aliphatic rings. The van der Waals surface area contributed by atoms with E-state index >= 15 is 0 Å². The maximum absolute atomic E-state index is 12.1. The van der Waals surface area contributed by atoms with Gasteiger partial charge >= 0.3 is 5.97 Å². The van der Waals surface area contributed by atoms with Crippen LogP contribution in [0.15, 0.2) is 36.5 Å². The van der Waals surface area contributed by atoms with Crippen LogP contribution in [0.5, 0.6) is 0 Å². The Morgan fingerprint density at radius 3 is 2.34 bits per heavy atom. The molecule has 1 aromatic carbocycles. The lowest BCUT2D eigenvalue weighted by molar-refractivity contribution is -0.301. The van der Waals surface area contributed by atoms with Crippen molar-refractivity contribution in [1.29, 1.82) is 0 Å². The second kappa shape index (κ2) is 7.71. The van der Waals surface area contributed by atoms with Gasteiger partial charge in [0.05, 0.1) is 11.1 Å². The Labute approximate surface area is 169 Å². The summed E-state index contributed by atoms with van der Waals surface area (Å²) in [5.74, 6) is 0.129. The number of nitrogens with two attached hydrogens (primary N) is 2. The van der Waals surface area contributed by atoms with Gasteiger partial charge in [0.25, 0.3) is 0 Å². The molecule has 0 amide bonds. The van der Waals surface area contributed by atoms with Crippen molar-refractivity contribution in [2.75, 3.05) is 11.5 Å². The Hall–Kier alpha value is -3.13. The van der Waals surface area contributed by atoms with Crippen LogP contribution in [0, 0.1) is 0 Å². The summed E-state index contributed by atoms with van der Waals surface area (Å²) in [4.78, 5) is 30.4. The van der Waals surface area contributed by atoms with Crippen molar-refractivity contribution in [1.82, 2.24) is 14.5 Å². The standard InChI is InChI=1S/C21H27N5O3/c1-12(13(2)26-11-10-16-17(26)18(22)25-20(23)24-16)14-6-8-15(9-7-14)19(27)28-29-21(3,4)5/h6-13H,1-5H3,(H4,22,23,24,25). The minimum absolute atomic E-state index is 0.0732. The number of nitrogens with zero attached hydrogens (tertiary/aromatic N) is 3. The Morgan fingerprint density at radius 1 is 1.07 bits per heavy atom. The number of carbonyl (C=O) groups is 1. The predicted molar refractivity (Wildman–Crippen MR) is 112 cm³/mol. The molecule has 0 aliphatic carbocycles. The Morgan fingerprint density at radius 2 is 1.72 bits per heavy atom. The van der Waals surface area contributed by atoms with Gasteiger partial charge < -0.3 is 16.0 Å². The summed E-state index contributed by atoms with van der Waals surface area (Å²) in [6.45, 7) is 9.64. The van der Waals surface area contributed by atoms with E-state index in [1.807, 2.05) is 49.7 Å². The van der Waals surface area contributed by atoms with E-state index in [0.717, 1.165) is 11.1 Å². The zero-order valence-electron chi connectivity index (χ0n) is 17.3. The normalized spacial score (nSPS) is 14.0. The number of hydrogen-bond acceptors (Lipinski definition) is 7. The average Bonchev–Trinajstić information content (AvgIpc) is 3.08. The number of benzene rings is 1. The van der Waals surface area contributed by atoms with Gasteiger partial charge in [0.2, 0.25) is 5.95 Å². The topological polar surface area (TPSA) is 118 Å². The Kier molecular flexibility index (Phi) is 5.48. The first-order valence-electron chi connectivity index (χ1n) is 9.46. The van der Waals surface area contributed by atoms with Crippen LogP contribution >= 0.6 is 0 Å². The van der Waals surface area contributed by atoms with Gasteiger partial charge in [0, 0.05) is 18.2 Å². The van der Waals surface area contributed by atoms with E-state index in [1.54, 1.807) is 12.1 Å². The molecule has 154 valence electrons. The quantitative estimate of drug-likeness (QED) is 0.496. The highest BCUT2D eigenvalue weighted by Crippen LogP contribution is 2.32. The fourth-order valence-electron chi connectivity index (χ4n) is 3.11. The first-order chi connectivity index (χ1) is 13.6. The van der Waals surface area contributed by atoms with Gasteiger partial charge in [-0.3, -0.25) is 4.89 Å². The third kappa shape index (κ3) is 4.48. The summed E-state index contributed by atoms with van der Waals surface area (Å²) in [7, 11) is 0. The van der Waals surface area contributed by atoms with Gasteiger partial charge in [-0.2, -0.15) is 9.87 Å². The van der Waals surface area contributed by atoms with Crippen LogP contribution in [0.2, 0.25) is 0 Å². The number of fused-ring (bicyclic) bond motifs is 1. The number of nitrogen functional groups attached to an aromatic ring is 2. The molecular weight excluding hydrogens is 370 g/mol. The monoisotopic (exact) mass is 397 g/mol. The van der Waals surface area contributed by atoms with Crippen LogP contribution in [0.4, 0.5) is 11.8 Å². The molecule has 0 spiro atoms. The zero-order chi connectivity index (χ0) is 21.3. The molecule has 2 unspecified atom stereocenters. The van der Waals surface area contributed by atoms with Crippen molar-refractivity contribution in [3.8, 4) is 0 Å². The number of carbonyl (C=O) groups excluding carboxylic acids is 1. The van der Waals surface area contributed by atoms with Crippen molar-refractivity contribution in [2.24, 2.45) is 0 Å². The van der Waals surface area contributed by atoms with E-state index < -0.39 is 11.6 Å². The third-order valence-corrected chi connectivity index (χ3v) is 4.81. The lowest BCUT2D eigenvalue weighted by atomic mass is 9.93. The second-order valence-corrected chi connectivity index (χ2v) is 8.14. The van der Waals surface area contributed by atoms with E-state index in [-0.39, 0.29) is 17.9 Å². The molecule has 0 bridgehead atoms. The molecule has 2 atom stereocenters. The molecule has 8 heteroatoms. The van der Waals surface area contributed by atoms with Gasteiger partial charge in [-0.25, -0.2) is 9.78 Å². The fourth-order valence-corrected chi connectivity index (χ4v) is 3.11. The van der Waals surface area contributed by atoms with Gasteiger partial charge in [-0.05, 0) is 51.5 Å². The van der Waals surface area contributed by atoms with Gasteiger partial charge in [-0.15, -0.1) is 0 Å². The molecule has 8 nitrogen and oxygen atoms in total. The van der Waals surface area contributed by atoms with Crippen molar-refractivity contribution in [3.05, 3.63) is 47.7 Å². The molecule has 0 saturated heterocycles. The van der Waals surface area contributed by atoms with Crippen LogP contribution in [-0.4, -0.2) is 26.1 Å². The molecule has 0 radical (unpaired) electrons. The first kappa shape index (κ1) is 20.6. The third-order valence-electron chi connectivity index (χ3n) is 4.81. The molecule has 2 aromatic heterocycles. The number of rotatable bonds is 5. The predicted octanol–water partition coefficient (Wildman–Crippen LogP) is 3.85. The molecule has 4 N–H and O–H groups in total. The van der Waals surface area contributed by atoms with Crippen LogP contribution in [0.25, 0.3) is 11.0 Å². The molecule has 3 rings (SSSR count). The van der Waals surface area contributed by atoms with Gasteiger partial charge in [0.15, 0.2) is 5.82 Å². The maximum atomic E-state index is 12.1. The lowest BCUT2D eigenvalue weighted by Gasteiger charge is -2.23. The molecule has 0 saturated carbocycles. The summed E-state index contributed by atoms with van der Waals surface area (Å²) in [5, 5.41) is 0. The minimum atomic E-state index is -0.560. The fraction of sp³-hybridized carbons (Fsp3) is 0.381. The summed E-state index contributed by atoms with van der Waals surface area (Å²) in [6, 6.07) is 9.25. The molecule has 2 heterocycles. The largest absolute Gasteiger partial charge is 0.382 e. The second-order valence-electron chi connectivity index (χ2n) is 8.14. The Bertz CT molecular complexity index is 1020. The lowest BCUT2D eigenvalue weighted by Crippen LogP contribution is -2.22. The van der Waals surface area contributed by atoms with E-state index in [0.29, 0.717) is 16.9 Å². The van der Waals surface area contributed by atoms with Crippen LogP contribution in [0.3, 0.4) is 0 Å². The summed E-state index contributed by atoms with van der Waals surface area (Å²) >= 11 is 0. The summed E-state index contributed by atoms with van der Waals surface area (Å²) < 4.78 is 2.05. The summed E-state index contributed by atoms with van der Waals surface area (Å²) in [6.07, 6.45) is 1.94. The van der Waals surface area contributed by atoms with Crippen molar-refractivity contribution in [3.63, 3.8) is 0 Å². The van der Waals surface area contributed by atoms with Crippen LogP contribution in [-0.2, 0) is 9.78 Å². The molecule has 3 aromatic rings. The smallest absolute Gasteiger partial charge is 0.373 e. The van der Waals surface area contributed by atoms with E-state index in [2.05, 4.69) is 23.8 Å². The number of anilines is 2. The average molecular weight is 397 g/mol. The number of hydrogen-bond donors (Lipinski definition) is 2. The molecule has 0 fully saturated rings. The van der Waals surface area contributed by atoms with Crippen LogP contribution in [0.1, 0.15) is 62.5 Å². The number of aromatic nitrogens is 3. The minimum Gasteiger partial charge on any atom is -0.382 e. The molecular formula is C21H27N5O3. The van der Waals surface area contributed by atoms with Crippen molar-refractivity contribution >= 4 is 28.8 Å². The highest BCUT2D eigenvalue weighted by Gasteiger charge is 2.21. The maximum Gasteiger partial charge on any atom is 0.373 e. The first-order valence-corrected chi connectivity index (χ1v) is 9.46. The molecule has 29 heavy (non-hydrogen) atoms. The highest BCUT2D eigenvalue weighted by atomic mass is 17.2. The van der Waals surface area contributed by atoms with E-state index in [4.69, 9.17) is 21.2 Å². The highest BCUT2D eigenvalue weighted by molar-refractivity contribution is 5.89. The van der Waals surface area contributed by atoms with Gasteiger partial charge in [0.1, 0.15) is 11.1 Å². The summed E-state index contributed by atoms with van der Waals surface area (Å²) in [5.41, 5.74) is 14.2. The van der Waals surface area contributed by atoms with Crippen molar-refractivity contribution < 1.29 is 14.6 Å². The van der Waals surface area contributed by atoms with E-state index in [1.165, 1.54) is 0 Å². The SMILES string of the molecule is CC(c1ccc(C(=O)OOC(C)(C)C)cc1)C(C)n1ccc2nc(N)nc(N)c21. The van der Waals surface area contributed by atoms with Crippen molar-refractivity contribution in [2.45, 2.75) is 52.2 Å². The van der Waals surface area contributed by atoms with Gasteiger partial charge in [-0.1, -0.05) is 19.1 Å². The zero-order valence-corrected chi connectivity index (χ0v) is 17.3. The van der Waals surface area contributed by atoms with E-state index in [9.17, 15) is 4.79 Å².